The molecule has 1 nitrogen and oxygen atoms in total. The minimum absolute atomic E-state index is 0.176. The van der Waals surface area contributed by atoms with Gasteiger partial charge in [-0.1, -0.05) is 31.6 Å². The molecule has 0 amide bonds. The van der Waals surface area contributed by atoms with Crippen LogP contribution in [0.5, 0.6) is 0 Å². The molecule has 3 saturated carbocycles. The second kappa shape index (κ2) is 4.97. The highest BCUT2D eigenvalue weighted by atomic mass is 16.3. The van der Waals surface area contributed by atoms with Crippen LogP contribution in [-0.4, -0.2) is 11.2 Å². The minimum atomic E-state index is -0.176. The Balaban J connectivity index is 1.67. The molecule has 7 atom stereocenters. The predicted octanol–water partition coefficient (Wildman–Crippen LogP) is 5.11. The second-order valence-corrected chi connectivity index (χ2v) is 9.09. The summed E-state index contributed by atoms with van der Waals surface area (Å²) in [6.45, 7) is 9.21. The van der Waals surface area contributed by atoms with Gasteiger partial charge in [0.15, 0.2) is 0 Å². The Labute approximate surface area is 135 Å². The highest BCUT2D eigenvalue weighted by molar-refractivity contribution is 5.25. The van der Waals surface area contributed by atoms with Crippen molar-refractivity contribution in [2.24, 2.45) is 34.5 Å². The molecule has 1 N–H and O–H groups in total. The van der Waals surface area contributed by atoms with Gasteiger partial charge in [-0.15, -0.1) is 6.58 Å². The number of aliphatic hydroxyl groups is 1. The normalized spacial score (nSPS) is 54.0. The van der Waals surface area contributed by atoms with E-state index in [0.29, 0.717) is 10.8 Å². The van der Waals surface area contributed by atoms with Gasteiger partial charge in [-0.25, -0.2) is 0 Å². The van der Waals surface area contributed by atoms with Gasteiger partial charge in [0.2, 0.25) is 0 Å². The summed E-state index contributed by atoms with van der Waals surface area (Å²) in [5, 5.41) is 10.0. The lowest BCUT2D eigenvalue weighted by atomic mass is 9.47. The first-order valence-corrected chi connectivity index (χ1v) is 9.51. The molecule has 4 aliphatic rings. The quantitative estimate of drug-likeness (QED) is 0.667. The number of rotatable bonds is 1. The van der Waals surface area contributed by atoms with Crippen molar-refractivity contribution in [3.8, 4) is 0 Å². The maximum absolute atomic E-state index is 10.0. The van der Waals surface area contributed by atoms with Crippen LogP contribution in [0.3, 0.4) is 0 Å². The van der Waals surface area contributed by atoms with Crippen molar-refractivity contribution in [3.05, 3.63) is 24.3 Å². The standard InChI is InChI=1S/C21H32O/c1-4-14-6-8-18-17-7-5-15-13-16(22)9-11-21(15,3)19(17)10-12-20(14,18)2/h4,13-14,16-19,22H,1,5-12H2,2-3H3/t14?,16-,17?,18?,19?,20+,21-/m0/s1. The van der Waals surface area contributed by atoms with E-state index >= 15 is 0 Å². The van der Waals surface area contributed by atoms with Gasteiger partial charge in [-0.05, 0) is 85.9 Å². The molecule has 0 aromatic heterocycles. The van der Waals surface area contributed by atoms with E-state index in [1.54, 1.807) is 5.57 Å². The Hall–Kier alpha value is -0.560. The van der Waals surface area contributed by atoms with Gasteiger partial charge in [-0.2, -0.15) is 0 Å². The van der Waals surface area contributed by atoms with Gasteiger partial charge in [0.1, 0.15) is 0 Å². The molecule has 4 aliphatic carbocycles. The van der Waals surface area contributed by atoms with Crippen LogP contribution in [-0.2, 0) is 0 Å². The van der Waals surface area contributed by atoms with E-state index in [1.807, 2.05) is 0 Å². The monoisotopic (exact) mass is 300 g/mol. The third kappa shape index (κ3) is 1.87. The highest BCUT2D eigenvalue weighted by Crippen LogP contribution is 2.66. The van der Waals surface area contributed by atoms with E-state index in [9.17, 15) is 5.11 Å². The third-order valence-corrected chi connectivity index (χ3v) is 8.45. The molecule has 0 aromatic carbocycles. The van der Waals surface area contributed by atoms with Crippen LogP contribution >= 0.6 is 0 Å². The summed E-state index contributed by atoms with van der Waals surface area (Å²) < 4.78 is 0. The lowest BCUT2D eigenvalue weighted by Gasteiger charge is -2.58. The fourth-order valence-electron chi connectivity index (χ4n) is 7.14. The van der Waals surface area contributed by atoms with Crippen LogP contribution in [0.25, 0.3) is 0 Å². The number of fused-ring (bicyclic) bond motifs is 5. The van der Waals surface area contributed by atoms with E-state index in [2.05, 4.69) is 32.6 Å². The van der Waals surface area contributed by atoms with Gasteiger partial charge in [0.25, 0.3) is 0 Å². The molecule has 0 spiro atoms. The van der Waals surface area contributed by atoms with E-state index in [4.69, 9.17) is 0 Å². The van der Waals surface area contributed by atoms with Crippen LogP contribution in [0.1, 0.15) is 65.2 Å². The Bertz CT molecular complexity index is 506. The average molecular weight is 300 g/mol. The van der Waals surface area contributed by atoms with Gasteiger partial charge in [-0.3, -0.25) is 0 Å². The molecule has 0 aliphatic heterocycles. The molecular formula is C21H32O. The first-order valence-electron chi connectivity index (χ1n) is 9.51. The molecular weight excluding hydrogens is 268 g/mol. The zero-order valence-corrected chi connectivity index (χ0v) is 14.4. The van der Waals surface area contributed by atoms with Crippen LogP contribution in [0.4, 0.5) is 0 Å². The number of allylic oxidation sites excluding steroid dienone is 2. The number of hydrogen-bond acceptors (Lipinski definition) is 1. The van der Waals surface area contributed by atoms with E-state index in [1.165, 1.54) is 44.9 Å². The van der Waals surface area contributed by atoms with E-state index in [0.717, 1.165) is 30.1 Å². The average Bonchev–Trinajstić information content (AvgIpc) is 2.84. The summed E-state index contributed by atoms with van der Waals surface area (Å²) in [6.07, 6.45) is 14.6. The molecule has 3 fully saturated rings. The van der Waals surface area contributed by atoms with Crippen LogP contribution in [0, 0.1) is 34.5 Å². The molecule has 22 heavy (non-hydrogen) atoms. The smallest absolute Gasteiger partial charge is 0.0724 e. The summed E-state index contributed by atoms with van der Waals surface area (Å²) in [6, 6.07) is 0. The van der Waals surface area contributed by atoms with E-state index < -0.39 is 0 Å². The molecule has 0 aromatic rings. The van der Waals surface area contributed by atoms with Crippen molar-refractivity contribution < 1.29 is 5.11 Å². The minimum Gasteiger partial charge on any atom is -0.389 e. The zero-order valence-electron chi connectivity index (χ0n) is 14.4. The molecule has 4 unspecified atom stereocenters. The Morgan fingerprint density at radius 2 is 1.91 bits per heavy atom. The fraction of sp³-hybridized carbons (Fsp3) is 0.810. The lowest BCUT2D eigenvalue weighted by Crippen LogP contribution is -2.50. The molecule has 0 radical (unpaired) electrons. The van der Waals surface area contributed by atoms with Crippen molar-refractivity contribution in [2.75, 3.05) is 0 Å². The molecule has 4 rings (SSSR count). The Morgan fingerprint density at radius 1 is 1.09 bits per heavy atom. The SMILES string of the molecule is C=CC1CCC2C3CCC4=C[C@@H](O)CC[C@]4(C)C3CC[C@]12C. The number of hydrogen-bond donors (Lipinski definition) is 1. The van der Waals surface area contributed by atoms with Crippen LogP contribution in [0.15, 0.2) is 24.3 Å². The van der Waals surface area contributed by atoms with Gasteiger partial charge >= 0.3 is 0 Å². The van der Waals surface area contributed by atoms with Crippen molar-refractivity contribution in [3.63, 3.8) is 0 Å². The first kappa shape index (κ1) is 15.0. The predicted molar refractivity (Wildman–Crippen MR) is 91.4 cm³/mol. The summed E-state index contributed by atoms with van der Waals surface area (Å²) in [5.74, 6) is 3.44. The maximum atomic E-state index is 10.0. The number of aliphatic hydroxyl groups excluding tert-OH is 1. The maximum Gasteiger partial charge on any atom is 0.0724 e. The highest BCUT2D eigenvalue weighted by Gasteiger charge is 2.58. The third-order valence-electron chi connectivity index (χ3n) is 8.45. The zero-order chi connectivity index (χ0) is 15.5. The van der Waals surface area contributed by atoms with Gasteiger partial charge < -0.3 is 5.11 Å². The molecule has 0 saturated heterocycles. The first-order chi connectivity index (χ1) is 10.5. The molecule has 0 heterocycles. The summed E-state index contributed by atoms with van der Waals surface area (Å²) >= 11 is 0. The lowest BCUT2D eigenvalue weighted by molar-refractivity contribution is -0.0495. The van der Waals surface area contributed by atoms with Crippen molar-refractivity contribution in [1.82, 2.24) is 0 Å². The van der Waals surface area contributed by atoms with Crippen molar-refractivity contribution in [2.45, 2.75) is 71.3 Å². The topological polar surface area (TPSA) is 20.2 Å². The molecule has 122 valence electrons. The van der Waals surface area contributed by atoms with Gasteiger partial charge in [0.05, 0.1) is 6.10 Å². The largest absolute Gasteiger partial charge is 0.389 e. The van der Waals surface area contributed by atoms with Crippen LogP contribution in [0.2, 0.25) is 0 Å². The summed E-state index contributed by atoms with van der Waals surface area (Å²) in [4.78, 5) is 0. The van der Waals surface area contributed by atoms with E-state index in [-0.39, 0.29) is 6.10 Å². The molecule has 1 heteroatoms. The van der Waals surface area contributed by atoms with Crippen molar-refractivity contribution in [1.29, 1.82) is 0 Å². The Kier molecular flexibility index (Phi) is 3.39. The van der Waals surface area contributed by atoms with Gasteiger partial charge in [0, 0.05) is 0 Å². The second-order valence-electron chi connectivity index (χ2n) is 9.09. The summed E-state index contributed by atoms with van der Waals surface area (Å²) in [5.41, 5.74) is 2.50. The molecule has 0 bridgehead atoms. The van der Waals surface area contributed by atoms with Crippen LogP contribution < -0.4 is 0 Å². The van der Waals surface area contributed by atoms with Crippen molar-refractivity contribution >= 4 is 0 Å². The summed E-state index contributed by atoms with van der Waals surface area (Å²) in [7, 11) is 0. The Morgan fingerprint density at radius 3 is 2.68 bits per heavy atom. The fourth-order valence-corrected chi connectivity index (χ4v) is 7.14.